The first-order valence-corrected chi connectivity index (χ1v) is 13.1. The molecule has 0 aliphatic carbocycles. The number of carbonyl (C=O) groups is 2. The number of nitrogens with zero attached hydrogens (tertiary/aromatic N) is 6. The summed E-state index contributed by atoms with van der Waals surface area (Å²) in [6.07, 6.45) is 1.19. The van der Waals surface area contributed by atoms with Crippen molar-refractivity contribution in [2.75, 3.05) is 39.5 Å². The van der Waals surface area contributed by atoms with Gasteiger partial charge in [0.2, 0.25) is 11.9 Å². The van der Waals surface area contributed by atoms with Gasteiger partial charge in [0.15, 0.2) is 4.34 Å². The van der Waals surface area contributed by atoms with E-state index in [1.54, 1.807) is 37.2 Å². The van der Waals surface area contributed by atoms with Gasteiger partial charge >= 0.3 is 12.0 Å². The second-order valence-corrected chi connectivity index (χ2v) is 11.6. The normalized spacial score (nSPS) is 25.9. The summed E-state index contributed by atoms with van der Waals surface area (Å²) in [6, 6.07) is 7.26. The van der Waals surface area contributed by atoms with Gasteiger partial charge in [0.25, 0.3) is 5.91 Å². The van der Waals surface area contributed by atoms with Gasteiger partial charge in [0.05, 0.1) is 29.9 Å². The molecule has 0 N–H and O–H groups in total. The Hall–Kier alpha value is -2.46. The van der Waals surface area contributed by atoms with Crippen LogP contribution in [-0.2, 0) is 4.79 Å². The van der Waals surface area contributed by atoms with Gasteiger partial charge in [-0.25, -0.2) is 14.7 Å². The maximum absolute atomic E-state index is 13.2. The third-order valence-corrected chi connectivity index (χ3v) is 8.65. The largest absolute Gasteiger partial charge is 0.392 e. The van der Waals surface area contributed by atoms with Gasteiger partial charge < -0.3 is 0 Å². The average molecular weight is 486 g/mol. The molecule has 8 nitrogen and oxygen atoms in total. The molecule has 3 aliphatic heterocycles. The first kappa shape index (κ1) is 22.3. The van der Waals surface area contributed by atoms with Gasteiger partial charge in [-0.2, -0.15) is 0 Å². The molecule has 4 heterocycles. The summed E-state index contributed by atoms with van der Waals surface area (Å²) in [5.41, 5.74) is 1.02. The Labute approximate surface area is 202 Å². The first-order valence-electron chi connectivity index (χ1n) is 11.3. The zero-order valence-electron chi connectivity index (χ0n) is 19.4. The quantitative estimate of drug-likeness (QED) is 0.492. The Kier molecular flexibility index (Phi) is 5.90. The maximum Gasteiger partial charge on any atom is 0.392 e. The Balaban J connectivity index is 1.43. The Morgan fingerprint density at radius 1 is 1.12 bits per heavy atom. The third kappa shape index (κ3) is 4.03. The van der Waals surface area contributed by atoms with E-state index in [0.717, 1.165) is 34.7 Å². The topological polar surface area (TPSA) is 72.1 Å². The van der Waals surface area contributed by atoms with Crippen LogP contribution in [0.25, 0.3) is 10.2 Å². The molecule has 3 unspecified atom stereocenters. The van der Waals surface area contributed by atoms with E-state index in [2.05, 4.69) is 29.4 Å². The van der Waals surface area contributed by atoms with Crippen molar-refractivity contribution in [3.63, 3.8) is 0 Å². The van der Waals surface area contributed by atoms with Gasteiger partial charge in [-0.15, -0.1) is 11.3 Å². The standard InChI is InChI=1S/C23H29N6O2S2/c1-14-11-15(2)13-28(12-14)21-25-19-18(20(30)27(4)23(31)26(19)3)29(21)9-10-32-22-24-16-7-5-6-8-17(16)33-22/h5-8,14-15,18H,9-13H2,1-4H3/q+1. The van der Waals surface area contributed by atoms with Crippen LogP contribution < -0.4 is 0 Å². The SMILES string of the molecule is CC1CC(C)C[N+](=C2N=C3C(C(=O)N(C)C(=O)N3C)N2CCSc2nc3ccccc3s2)C1. The second kappa shape index (κ2) is 8.72. The summed E-state index contributed by atoms with van der Waals surface area (Å²) in [4.78, 5) is 40.2. The molecule has 2 fully saturated rings. The Bertz CT molecular complexity index is 1130. The molecule has 2 aromatic rings. The number of guanidine groups is 1. The smallest absolute Gasteiger partial charge is 0.270 e. The number of urea groups is 1. The summed E-state index contributed by atoms with van der Waals surface area (Å²) in [5, 5.41) is 0. The Morgan fingerprint density at radius 3 is 2.58 bits per heavy atom. The van der Waals surface area contributed by atoms with Crippen molar-refractivity contribution in [3.8, 4) is 0 Å². The van der Waals surface area contributed by atoms with E-state index in [4.69, 9.17) is 9.98 Å². The van der Waals surface area contributed by atoms with E-state index >= 15 is 0 Å². The number of hydrogen-bond donors (Lipinski definition) is 0. The van der Waals surface area contributed by atoms with Gasteiger partial charge in [-0.1, -0.05) is 42.7 Å². The molecular weight excluding hydrogens is 456 g/mol. The zero-order valence-corrected chi connectivity index (χ0v) is 21.0. The summed E-state index contributed by atoms with van der Waals surface area (Å²) < 4.78 is 4.51. The highest BCUT2D eigenvalue weighted by atomic mass is 32.2. The minimum atomic E-state index is -0.559. The zero-order chi connectivity index (χ0) is 23.3. The molecule has 33 heavy (non-hydrogen) atoms. The molecule has 0 radical (unpaired) electrons. The van der Waals surface area contributed by atoms with Crippen molar-refractivity contribution in [1.29, 1.82) is 0 Å². The minimum Gasteiger partial charge on any atom is -0.270 e. The lowest BCUT2D eigenvalue weighted by Gasteiger charge is -2.33. The molecule has 10 heteroatoms. The number of imide groups is 1. The highest BCUT2D eigenvalue weighted by molar-refractivity contribution is 8.01. The van der Waals surface area contributed by atoms with Crippen LogP contribution in [0, 0.1) is 11.8 Å². The number of rotatable bonds is 4. The van der Waals surface area contributed by atoms with Gasteiger partial charge in [-0.05, 0) is 30.4 Å². The number of carbonyl (C=O) groups excluding carboxylic acids is 2. The molecule has 2 saturated heterocycles. The van der Waals surface area contributed by atoms with Crippen molar-refractivity contribution in [2.45, 2.75) is 30.6 Å². The fourth-order valence-electron chi connectivity index (χ4n) is 5.04. The number of benzene rings is 1. The maximum atomic E-state index is 13.2. The summed E-state index contributed by atoms with van der Waals surface area (Å²) in [7, 11) is 3.25. The number of aromatic nitrogens is 1. The molecule has 0 spiro atoms. The molecule has 0 bridgehead atoms. The van der Waals surface area contributed by atoms with Crippen molar-refractivity contribution in [1.82, 2.24) is 19.7 Å². The predicted molar refractivity (Wildman–Crippen MR) is 132 cm³/mol. The predicted octanol–water partition coefficient (Wildman–Crippen LogP) is 3.04. The summed E-state index contributed by atoms with van der Waals surface area (Å²) in [6.45, 7) is 6.99. The van der Waals surface area contributed by atoms with E-state index in [1.807, 2.05) is 18.2 Å². The Morgan fingerprint density at radius 2 is 1.85 bits per heavy atom. The number of aliphatic imine (C=N–C) groups is 1. The van der Waals surface area contributed by atoms with Crippen LogP contribution in [0.5, 0.6) is 0 Å². The lowest BCUT2D eigenvalue weighted by Crippen LogP contribution is -2.63. The number of thioether (sulfide) groups is 1. The van der Waals surface area contributed by atoms with Crippen LogP contribution in [-0.4, -0.2) is 93.5 Å². The fourth-order valence-corrected chi connectivity index (χ4v) is 7.11. The first-order chi connectivity index (χ1) is 15.8. The summed E-state index contributed by atoms with van der Waals surface area (Å²) >= 11 is 3.40. The van der Waals surface area contributed by atoms with E-state index in [9.17, 15) is 9.59 Å². The number of amidine groups is 1. The molecule has 3 atom stereocenters. The molecule has 174 valence electrons. The van der Waals surface area contributed by atoms with E-state index in [-0.39, 0.29) is 11.9 Å². The molecule has 3 aliphatic rings. The van der Waals surface area contributed by atoms with Crippen LogP contribution in [0.1, 0.15) is 20.3 Å². The average Bonchev–Trinajstić information content (AvgIpc) is 3.37. The van der Waals surface area contributed by atoms with Crippen LogP contribution in [0.2, 0.25) is 0 Å². The molecule has 0 saturated carbocycles. The number of thiazole rings is 1. The van der Waals surface area contributed by atoms with Crippen molar-refractivity contribution < 1.29 is 14.2 Å². The van der Waals surface area contributed by atoms with Crippen LogP contribution in [0.15, 0.2) is 33.6 Å². The van der Waals surface area contributed by atoms with Crippen LogP contribution in [0.4, 0.5) is 4.79 Å². The van der Waals surface area contributed by atoms with Crippen LogP contribution in [0.3, 0.4) is 0 Å². The second-order valence-electron chi connectivity index (χ2n) is 9.25. The number of hydrogen-bond acceptors (Lipinski definition) is 5. The van der Waals surface area contributed by atoms with E-state index in [0.29, 0.717) is 24.2 Å². The van der Waals surface area contributed by atoms with Gasteiger partial charge in [-0.3, -0.25) is 19.2 Å². The third-order valence-electron chi connectivity index (χ3n) is 6.49. The van der Waals surface area contributed by atoms with Crippen molar-refractivity contribution in [2.24, 2.45) is 16.8 Å². The monoisotopic (exact) mass is 485 g/mol. The molecular formula is C23H29N6O2S2+. The number of amides is 3. The molecule has 5 rings (SSSR count). The van der Waals surface area contributed by atoms with Crippen molar-refractivity contribution >= 4 is 57.0 Å². The number of piperidine rings is 1. The highest BCUT2D eigenvalue weighted by Crippen LogP contribution is 2.31. The number of likely N-dealkylation sites (N-methyl/N-ethyl adjacent to an activating group) is 2. The fraction of sp³-hybridized carbons (Fsp3) is 0.522. The number of para-hydroxylation sites is 1. The molecule has 1 aromatic heterocycles. The number of fused-ring (bicyclic) bond motifs is 2. The van der Waals surface area contributed by atoms with Crippen LogP contribution >= 0.6 is 23.1 Å². The van der Waals surface area contributed by atoms with Gasteiger partial charge in [0.1, 0.15) is 0 Å². The van der Waals surface area contributed by atoms with Crippen molar-refractivity contribution in [3.05, 3.63) is 24.3 Å². The minimum absolute atomic E-state index is 0.213. The van der Waals surface area contributed by atoms with Gasteiger partial charge in [0, 0.05) is 19.8 Å². The van der Waals surface area contributed by atoms with E-state index in [1.165, 1.54) is 20.9 Å². The summed E-state index contributed by atoms with van der Waals surface area (Å²) in [5.74, 6) is 3.03. The highest BCUT2D eigenvalue weighted by Gasteiger charge is 2.55. The van der Waals surface area contributed by atoms with E-state index < -0.39 is 6.04 Å². The lowest BCUT2D eigenvalue weighted by molar-refractivity contribution is -0.557. The lowest BCUT2D eigenvalue weighted by atomic mass is 9.93. The molecule has 3 amide bonds. The molecule has 1 aromatic carbocycles.